The number of nitrogens with zero attached hydrogens (tertiary/aromatic N) is 2. The van der Waals surface area contributed by atoms with Gasteiger partial charge in [0, 0.05) is 10.6 Å². The Morgan fingerprint density at radius 1 is 1.14 bits per heavy atom. The zero-order valence-corrected chi connectivity index (χ0v) is 12.6. The smallest absolute Gasteiger partial charge is 0.241 e. The van der Waals surface area contributed by atoms with Gasteiger partial charge in [0.1, 0.15) is 17.5 Å². The van der Waals surface area contributed by atoms with Crippen LogP contribution in [-0.4, -0.2) is 36.4 Å². The van der Waals surface area contributed by atoms with E-state index >= 15 is 0 Å². The minimum atomic E-state index is -1.06. The second-order valence-electron chi connectivity index (χ2n) is 4.10. The molecule has 21 heavy (non-hydrogen) atoms. The highest BCUT2D eigenvalue weighted by molar-refractivity contribution is 6.30. The predicted octanol–water partition coefficient (Wildman–Crippen LogP) is 2.24. The summed E-state index contributed by atoms with van der Waals surface area (Å²) in [5, 5.41) is 11.0. The summed E-state index contributed by atoms with van der Waals surface area (Å²) in [5.41, 5.74) is 0.776. The van der Waals surface area contributed by atoms with Gasteiger partial charge in [-0.3, -0.25) is 0 Å². The van der Waals surface area contributed by atoms with Gasteiger partial charge in [-0.25, -0.2) is 4.98 Å². The van der Waals surface area contributed by atoms with Gasteiger partial charge in [0.15, 0.2) is 0 Å². The fourth-order valence-electron chi connectivity index (χ4n) is 1.86. The van der Waals surface area contributed by atoms with Gasteiger partial charge in [-0.15, -0.1) is 0 Å². The summed E-state index contributed by atoms with van der Waals surface area (Å²) in [4.78, 5) is 8.24. The molecule has 0 aliphatic rings. The minimum Gasteiger partial charge on any atom is -0.496 e. The number of aliphatic hydroxyl groups is 1. The average molecular weight is 311 g/mol. The summed E-state index contributed by atoms with van der Waals surface area (Å²) < 4.78 is 15.4. The molecule has 6 nitrogen and oxygen atoms in total. The van der Waals surface area contributed by atoms with Crippen LogP contribution in [0.25, 0.3) is 0 Å². The van der Waals surface area contributed by atoms with Gasteiger partial charge in [0.2, 0.25) is 11.8 Å². The van der Waals surface area contributed by atoms with Crippen LogP contribution in [0.4, 0.5) is 0 Å². The van der Waals surface area contributed by atoms with Crippen LogP contribution in [0.15, 0.2) is 24.4 Å². The average Bonchev–Trinajstić information content (AvgIpc) is 2.53. The molecule has 0 bridgehead atoms. The number of benzene rings is 1. The summed E-state index contributed by atoms with van der Waals surface area (Å²) in [5.74, 6) is 0.930. The number of hydrogen-bond donors (Lipinski definition) is 1. The topological polar surface area (TPSA) is 73.7 Å². The first-order valence-electron chi connectivity index (χ1n) is 6.07. The molecule has 0 saturated carbocycles. The van der Waals surface area contributed by atoms with E-state index in [-0.39, 0.29) is 11.6 Å². The van der Waals surface area contributed by atoms with Crippen LogP contribution in [0.5, 0.6) is 17.5 Å². The molecular weight excluding hydrogens is 296 g/mol. The summed E-state index contributed by atoms with van der Waals surface area (Å²) in [6.07, 6.45) is 0.342. The van der Waals surface area contributed by atoms with Crippen LogP contribution >= 0.6 is 11.6 Å². The number of methoxy groups -OCH3 is 3. The van der Waals surface area contributed by atoms with Crippen molar-refractivity contribution in [1.82, 2.24) is 9.97 Å². The lowest BCUT2D eigenvalue weighted by Gasteiger charge is -2.16. The Hall–Kier alpha value is -2.05. The lowest BCUT2D eigenvalue weighted by Crippen LogP contribution is -2.08. The summed E-state index contributed by atoms with van der Waals surface area (Å²) in [6, 6.07) is 4.94. The molecule has 1 N–H and O–H groups in total. The van der Waals surface area contributed by atoms with E-state index in [1.807, 2.05) is 0 Å². The third kappa shape index (κ3) is 3.17. The molecule has 1 unspecified atom stereocenters. The molecule has 0 fully saturated rings. The van der Waals surface area contributed by atoms with Crippen molar-refractivity contribution in [1.29, 1.82) is 0 Å². The molecule has 0 saturated heterocycles. The lowest BCUT2D eigenvalue weighted by molar-refractivity contribution is 0.202. The first-order valence-corrected chi connectivity index (χ1v) is 6.45. The quantitative estimate of drug-likeness (QED) is 0.913. The van der Waals surface area contributed by atoms with E-state index in [2.05, 4.69) is 9.97 Å². The first kappa shape index (κ1) is 15.3. The van der Waals surface area contributed by atoms with Crippen LogP contribution in [0.1, 0.15) is 17.4 Å². The van der Waals surface area contributed by atoms with Crippen LogP contribution in [0.2, 0.25) is 5.02 Å². The van der Waals surface area contributed by atoms with Crippen LogP contribution < -0.4 is 14.2 Å². The lowest BCUT2D eigenvalue weighted by atomic mass is 10.1. The third-order valence-electron chi connectivity index (χ3n) is 2.90. The Kier molecular flexibility index (Phi) is 4.82. The molecule has 1 atom stereocenters. The van der Waals surface area contributed by atoms with Gasteiger partial charge in [-0.1, -0.05) is 17.7 Å². The van der Waals surface area contributed by atoms with Crippen molar-refractivity contribution in [2.45, 2.75) is 6.10 Å². The molecule has 112 valence electrons. The van der Waals surface area contributed by atoms with Gasteiger partial charge in [0.25, 0.3) is 0 Å². The van der Waals surface area contributed by atoms with E-state index in [9.17, 15) is 5.11 Å². The van der Waals surface area contributed by atoms with E-state index in [0.29, 0.717) is 22.2 Å². The molecule has 1 aromatic carbocycles. The van der Waals surface area contributed by atoms with Crippen molar-refractivity contribution < 1.29 is 19.3 Å². The fraction of sp³-hybridized carbons (Fsp3) is 0.286. The van der Waals surface area contributed by atoms with E-state index in [1.165, 1.54) is 27.5 Å². The molecule has 0 radical (unpaired) electrons. The molecule has 7 heteroatoms. The van der Waals surface area contributed by atoms with Gasteiger partial charge >= 0.3 is 0 Å². The number of aromatic nitrogens is 2. The van der Waals surface area contributed by atoms with Crippen molar-refractivity contribution in [3.63, 3.8) is 0 Å². The fourth-order valence-corrected chi connectivity index (χ4v) is 2.02. The molecule has 2 rings (SSSR count). The number of hydrogen-bond acceptors (Lipinski definition) is 6. The Morgan fingerprint density at radius 2 is 1.90 bits per heavy atom. The van der Waals surface area contributed by atoms with Gasteiger partial charge in [-0.2, -0.15) is 4.98 Å². The maximum absolute atomic E-state index is 10.5. The van der Waals surface area contributed by atoms with Crippen molar-refractivity contribution in [2.75, 3.05) is 21.3 Å². The van der Waals surface area contributed by atoms with Crippen molar-refractivity contribution >= 4 is 11.6 Å². The van der Waals surface area contributed by atoms with Crippen molar-refractivity contribution in [2.24, 2.45) is 0 Å². The molecule has 0 amide bonds. The number of rotatable bonds is 5. The molecule has 0 aliphatic carbocycles. The van der Waals surface area contributed by atoms with Crippen LogP contribution in [0, 0.1) is 0 Å². The highest BCUT2D eigenvalue weighted by atomic mass is 35.5. The number of ether oxygens (including phenoxy) is 3. The number of aliphatic hydroxyl groups excluding tert-OH is 1. The highest BCUT2D eigenvalue weighted by Crippen LogP contribution is 2.34. The monoisotopic (exact) mass is 310 g/mol. The first-order chi connectivity index (χ1) is 10.1. The number of halogens is 1. The molecule has 0 spiro atoms. The summed E-state index contributed by atoms with van der Waals surface area (Å²) in [7, 11) is 4.42. The molecule has 1 heterocycles. The molecular formula is C14H15ClN2O4. The third-order valence-corrected chi connectivity index (χ3v) is 3.13. The van der Waals surface area contributed by atoms with Gasteiger partial charge in [0.05, 0.1) is 27.5 Å². The molecule has 1 aromatic heterocycles. The minimum absolute atomic E-state index is 0.179. The zero-order chi connectivity index (χ0) is 15.4. The standard InChI is InChI=1S/C14H15ClN2O4/c1-19-10-6-8(15)4-5-9(10)13(18)12-14(21-3)17-11(20-2)7-16-12/h4-7,13,18H,1-3H3. The molecule has 0 aliphatic heterocycles. The Balaban J connectivity index is 2.46. The van der Waals surface area contributed by atoms with Crippen molar-refractivity contribution in [3.8, 4) is 17.5 Å². The second-order valence-corrected chi connectivity index (χ2v) is 4.53. The summed E-state index contributed by atoms with van der Waals surface area (Å²) in [6.45, 7) is 0. The van der Waals surface area contributed by atoms with Crippen molar-refractivity contribution in [3.05, 3.63) is 40.7 Å². The zero-order valence-electron chi connectivity index (χ0n) is 11.8. The van der Waals surface area contributed by atoms with E-state index in [1.54, 1.807) is 18.2 Å². The Morgan fingerprint density at radius 3 is 2.52 bits per heavy atom. The van der Waals surface area contributed by atoms with Gasteiger partial charge < -0.3 is 19.3 Å². The van der Waals surface area contributed by atoms with Crippen LogP contribution in [0.3, 0.4) is 0 Å². The summed E-state index contributed by atoms with van der Waals surface area (Å²) >= 11 is 5.91. The molecule has 2 aromatic rings. The Bertz CT molecular complexity index is 636. The predicted molar refractivity (Wildman–Crippen MR) is 77.2 cm³/mol. The van der Waals surface area contributed by atoms with Gasteiger partial charge in [-0.05, 0) is 12.1 Å². The van der Waals surface area contributed by atoms with Crippen LogP contribution in [-0.2, 0) is 0 Å². The SMILES string of the molecule is COc1cnc(C(O)c2ccc(Cl)cc2OC)c(OC)n1. The maximum atomic E-state index is 10.5. The van der Waals surface area contributed by atoms with E-state index < -0.39 is 6.10 Å². The largest absolute Gasteiger partial charge is 0.496 e. The second kappa shape index (κ2) is 6.60. The highest BCUT2D eigenvalue weighted by Gasteiger charge is 2.22. The van der Waals surface area contributed by atoms with E-state index in [4.69, 9.17) is 25.8 Å². The Labute approximate surface area is 127 Å². The maximum Gasteiger partial charge on any atom is 0.241 e. The normalized spacial score (nSPS) is 11.9. The van der Waals surface area contributed by atoms with E-state index in [0.717, 1.165) is 0 Å².